The molecule has 0 radical (unpaired) electrons. The molecule has 0 saturated heterocycles. The Labute approximate surface area is 78.4 Å². The first kappa shape index (κ1) is 6.85. The zero-order valence-corrected chi connectivity index (χ0v) is 2.59. The third kappa shape index (κ3) is 2.10. The van der Waals surface area contributed by atoms with Crippen LogP contribution in [0.5, 0.6) is 0 Å². The van der Waals surface area contributed by atoms with Crippen LogP contribution in [0.25, 0.3) is 0 Å². The molecule has 0 spiro atoms. The molecule has 1 aromatic heterocycles. The van der Waals surface area contributed by atoms with E-state index in [2.05, 4.69) is 9.40 Å². The van der Waals surface area contributed by atoms with Gasteiger partial charge in [-0.05, 0) is 0 Å². The molecule has 3 heteroatoms. The minimum Gasteiger partial charge on any atom is -0.452 e. The molecule has 0 fully saturated rings. The molecule has 1 rings (SSSR count). The Hall–Kier alpha value is 0.846. The number of nitrogens with zero attached hydrogens (tertiary/aromatic N) is 1. The molecule has 0 aliphatic heterocycles. The van der Waals surface area contributed by atoms with Gasteiger partial charge in [-0.25, -0.2) is 4.98 Å². The second-order valence-electron chi connectivity index (χ2n) is 0.676. The molecule has 2 nitrogen and oxygen atoms in total. The number of rotatable bonds is 0. The molecule has 0 unspecified atom stereocenters. The number of hydrogen-bond acceptors (Lipinski definition) is 2. The summed E-state index contributed by atoms with van der Waals surface area (Å²) in [5.74, 6) is 0. The molecular formula is C3H4KNO. The quantitative estimate of drug-likeness (QED) is 0.439. The van der Waals surface area contributed by atoms with E-state index in [1.807, 2.05) is 0 Å². The predicted molar refractivity (Wildman–Crippen MR) is 23.7 cm³/mol. The van der Waals surface area contributed by atoms with E-state index in [1.165, 1.54) is 12.7 Å². The van der Waals surface area contributed by atoms with Crippen LogP contribution in [0.15, 0.2) is 23.3 Å². The van der Waals surface area contributed by atoms with Crippen LogP contribution in [0.1, 0.15) is 0 Å². The Kier molecular flexibility index (Phi) is 4.58. The molecule has 0 amide bonds. The van der Waals surface area contributed by atoms with Gasteiger partial charge >= 0.3 is 51.4 Å². The molecule has 1 heterocycles. The Morgan fingerprint density at radius 1 is 1.50 bits per heavy atom. The van der Waals surface area contributed by atoms with Gasteiger partial charge in [0.2, 0.25) is 0 Å². The Morgan fingerprint density at radius 3 is 2.50 bits per heavy atom. The van der Waals surface area contributed by atoms with Crippen LogP contribution in [0, 0.1) is 0 Å². The van der Waals surface area contributed by atoms with Crippen molar-refractivity contribution >= 4 is 51.4 Å². The third-order valence-electron chi connectivity index (χ3n) is 0.347. The van der Waals surface area contributed by atoms with Gasteiger partial charge in [-0.3, -0.25) is 0 Å². The van der Waals surface area contributed by atoms with Crippen molar-refractivity contribution in [2.45, 2.75) is 0 Å². The van der Waals surface area contributed by atoms with E-state index < -0.39 is 0 Å². The van der Waals surface area contributed by atoms with Gasteiger partial charge in [0.25, 0.3) is 0 Å². The van der Waals surface area contributed by atoms with Crippen LogP contribution in [-0.4, -0.2) is 56.4 Å². The van der Waals surface area contributed by atoms with E-state index in [1.54, 1.807) is 6.20 Å². The van der Waals surface area contributed by atoms with E-state index in [0.29, 0.717) is 0 Å². The zero-order valence-electron chi connectivity index (χ0n) is 2.59. The molecule has 6 heavy (non-hydrogen) atoms. The summed E-state index contributed by atoms with van der Waals surface area (Å²) in [5.41, 5.74) is 0. The van der Waals surface area contributed by atoms with Gasteiger partial charge in [0.15, 0.2) is 6.39 Å². The van der Waals surface area contributed by atoms with E-state index in [0.717, 1.165) is 0 Å². The molecule has 0 aliphatic carbocycles. The smallest absolute Gasteiger partial charge is 0.180 e. The van der Waals surface area contributed by atoms with E-state index in [9.17, 15) is 0 Å². The van der Waals surface area contributed by atoms with Crippen LogP contribution in [0.4, 0.5) is 0 Å². The molecule has 0 saturated carbocycles. The summed E-state index contributed by atoms with van der Waals surface area (Å²) in [6, 6.07) is 0. The van der Waals surface area contributed by atoms with E-state index >= 15 is 0 Å². The van der Waals surface area contributed by atoms with Crippen molar-refractivity contribution in [2.24, 2.45) is 0 Å². The predicted octanol–water partition coefficient (Wildman–Crippen LogP) is 0.0261. The maximum atomic E-state index is 4.47. The summed E-state index contributed by atoms with van der Waals surface area (Å²) in [6.45, 7) is 0. The zero-order chi connectivity index (χ0) is 3.54. The Bertz CT molecular complexity index is 67.3. The van der Waals surface area contributed by atoms with Crippen molar-refractivity contribution in [3.63, 3.8) is 0 Å². The molecule has 0 N–H and O–H groups in total. The fraction of sp³-hybridized carbons (Fsp3) is 0. The van der Waals surface area contributed by atoms with Gasteiger partial charge in [0, 0.05) is 0 Å². The summed E-state index contributed by atoms with van der Waals surface area (Å²) in [5, 5.41) is 0. The van der Waals surface area contributed by atoms with Gasteiger partial charge in [0.1, 0.15) is 6.26 Å². The fourth-order valence-corrected chi connectivity index (χ4v) is 0.176. The summed E-state index contributed by atoms with van der Waals surface area (Å²) in [7, 11) is 0. The molecular weight excluding hydrogens is 105 g/mol. The van der Waals surface area contributed by atoms with Gasteiger partial charge < -0.3 is 4.42 Å². The maximum Gasteiger partial charge on any atom is 0.180 e. The average Bonchev–Trinajstić information content (AvgIpc) is 1.76. The van der Waals surface area contributed by atoms with Crippen LogP contribution in [0.2, 0.25) is 0 Å². The first-order valence-electron chi connectivity index (χ1n) is 1.32. The van der Waals surface area contributed by atoms with Gasteiger partial charge in [-0.2, -0.15) is 0 Å². The van der Waals surface area contributed by atoms with Gasteiger partial charge in [-0.15, -0.1) is 0 Å². The SMILES string of the molecule is [KH].c1cocn1. The van der Waals surface area contributed by atoms with E-state index in [4.69, 9.17) is 0 Å². The number of oxazole rings is 1. The normalized spacial score (nSPS) is 6.67. The largest absolute Gasteiger partial charge is 0.452 e. The van der Waals surface area contributed by atoms with Crippen molar-refractivity contribution < 1.29 is 4.42 Å². The molecule has 0 atom stereocenters. The molecule has 0 bridgehead atoms. The van der Waals surface area contributed by atoms with Crippen molar-refractivity contribution in [2.75, 3.05) is 0 Å². The van der Waals surface area contributed by atoms with Crippen molar-refractivity contribution in [3.8, 4) is 0 Å². The van der Waals surface area contributed by atoms with Crippen molar-refractivity contribution in [1.29, 1.82) is 0 Å². The third-order valence-corrected chi connectivity index (χ3v) is 0.347. The topological polar surface area (TPSA) is 26.0 Å². The second kappa shape index (κ2) is 4.02. The standard InChI is InChI=1S/C3H3NO.K.H/c1-2-5-3-4-1;;/h1-3H;;. The molecule has 28 valence electrons. The summed E-state index contributed by atoms with van der Waals surface area (Å²) < 4.78 is 4.47. The Balaban J connectivity index is 0.000000250. The first-order chi connectivity index (χ1) is 2.50. The second-order valence-corrected chi connectivity index (χ2v) is 0.676. The monoisotopic (exact) mass is 109 g/mol. The Morgan fingerprint density at radius 2 is 2.33 bits per heavy atom. The van der Waals surface area contributed by atoms with Crippen molar-refractivity contribution in [1.82, 2.24) is 4.98 Å². The van der Waals surface area contributed by atoms with Crippen molar-refractivity contribution in [3.05, 3.63) is 18.9 Å². The molecule has 1 aromatic rings. The van der Waals surface area contributed by atoms with Crippen LogP contribution < -0.4 is 0 Å². The maximum absolute atomic E-state index is 4.47. The first-order valence-corrected chi connectivity index (χ1v) is 1.32. The average molecular weight is 109 g/mol. The number of hydrogen-bond donors (Lipinski definition) is 0. The molecule has 0 aromatic carbocycles. The summed E-state index contributed by atoms with van der Waals surface area (Å²) in [6.07, 6.45) is 4.47. The summed E-state index contributed by atoms with van der Waals surface area (Å²) in [4.78, 5) is 3.56. The molecule has 0 aliphatic rings. The summed E-state index contributed by atoms with van der Waals surface area (Å²) >= 11 is 0. The minimum atomic E-state index is 0. The van der Waals surface area contributed by atoms with Gasteiger partial charge in [0.05, 0.1) is 6.20 Å². The van der Waals surface area contributed by atoms with Crippen LogP contribution in [-0.2, 0) is 0 Å². The fourth-order valence-electron chi connectivity index (χ4n) is 0.176. The van der Waals surface area contributed by atoms with E-state index in [-0.39, 0.29) is 51.4 Å². The number of aromatic nitrogens is 1. The van der Waals surface area contributed by atoms with Crippen LogP contribution in [0.3, 0.4) is 0 Å². The minimum absolute atomic E-state index is 0. The van der Waals surface area contributed by atoms with Gasteiger partial charge in [-0.1, -0.05) is 0 Å². The van der Waals surface area contributed by atoms with Crippen LogP contribution >= 0.6 is 0 Å².